The zero-order valence-electron chi connectivity index (χ0n) is 9.50. The second-order valence-corrected chi connectivity index (χ2v) is 4.40. The zero-order chi connectivity index (χ0) is 12.7. The summed E-state index contributed by atoms with van der Waals surface area (Å²) in [6.45, 7) is 0. The Balaban J connectivity index is 2.30. The van der Waals surface area contributed by atoms with Gasteiger partial charge in [0.15, 0.2) is 5.82 Å². The summed E-state index contributed by atoms with van der Waals surface area (Å²) in [6.07, 6.45) is 1.56. The lowest BCUT2D eigenvalue weighted by Gasteiger charge is -2.21. The molecule has 0 amide bonds. The molecule has 3 rings (SSSR count). The van der Waals surface area contributed by atoms with Crippen molar-refractivity contribution in [2.24, 2.45) is 5.10 Å². The van der Waals surface area contributed by atoms with Crippen LogP contribution in [0.25, 0.3) is 11.0 Å². The van der Waals surface area contributed by atoms with Crippen molar-refractivity contribution < 1.29 is 0 Å². The first-order valence-corrected chi connectivity index (χ1v) is 5.71. The average Bonchev–Trinajstić information content (AvgIpc) is 2.37. The number of fused-ring (bicyclic) bond motifs is 2. The van der Waals surface area contributed by atoms with E-state index in [-0.39, 0.29) is 0 Å². The van der Waals surface area contributed by atoms with Gasteiger partial charge in [0, 0.05) is 18.3 Å². The van der Waals surface area contributed by atoms with Crippen LogP contribution in [0.3, 0.4) is 0 Å². The maximum absolute atomic E-state index is 9.10. The Morgan fingerprint density at radius 3 is 2.94 bits per heavy atom. The van der Waals surface area contributed by atoms with Crippen LogP contribution in [0.4, 0.5) is 5.82 Å². The van der Waals surface area contributed by atoms with E-state index in [1.54, 1.807) is 36.5 Å². The summed E-state index contributed by atoms with van der Waals surface area (Å²) in [6, 6.07) is 7.46. The summed E-state index contributed by atoms with van der Waals surface area (Å²) >= 11 is 5.93. The molecule has 1 aliphatic rings. The molecule has 1 aromatic heterocycles. The molecule has 2 aromatic rings. The van der Waals surface area contributed by atoms with Gasteiger partial charge in [0.05, 0.1) is 17.1 Å². The van der Waals surface area contributed by atoms with E-state index < -0.39 is 5.92 Å². The molecule has 5 nitrogen and oxygen atoms in total. The molecule has 0 aliphatic carbocycles. The summed E-state index contributed by atoms with van der Waals surface area (Å²) in [5.41, 5.74) is 2.04. The minimum Gasteiger partial charge on any atom is -0.250 e. The van der Waals surface area contributed by atoms with Crippen LogP contribution in [0.2, 0.25) is 5.02 Å². The van der Waals surface area contributed by atoms with E-state index in [4.69, 9.17) is 16.9 Å². The Bertz CT molecular complexity index is 703. The Kier molecular flexibility index (Phi) is 2.39. The summed E-state index contributed by atoms with van der Waals surface area (Å²) in [5, 5.41) is 15.4. The Morgan fingerprint density at radius 1 is 1.33 bits per heavy atom. The lowest BCUT2D eigenvalue weighted by Crippen LogP contribution is -2.21. The maximum atomic E-state index is 9.10. The third kappa shape index (κ3) is 1.59. The quantitative estimate of drug-likeness (QED) is 0.726. The molecule has 1 unspecified atom stereocenters. The SMILES string of the molecule is CN1N=CC(C#N)c2nc3cc(Cl)ccc3nc21. The van der Waals surface area contributed by atoms with Gasteiger partial charge in [-0.3, -0.25) is 0 Å². The highest BCUT2D eigenvalue weighted by Gasteiger charge is 2.23. The maximum Gasteiger partial charge on any atom is 0.172 e. The fourth-order valence-electron chi connectivity index (χ4n) is 1.87. The number of hydrogen-bond acceptors (Lipinski definition) is 5. The summed E-state index contributed by atoms with van der Waals surface area (Å²) in [7, 11) is 1.78. The van der Waals surface area contributed by atoms with Crippen LogP contribution >= 0.6 is 11.6 Å². The molecule has 0 bridgehead atoms. The van der Waals surface area contributed by atoms with Gasteiger partial charge in [0.2, 0.25) is 0 Å². The van der Waals surface area contributed by atoms with E-state index in [0.717, 1.165) is 5.52 Å². The number of hydrazone groups is 1. The smallest absolute Gasteiger partial charge is 0.172 e. The minimum absolute atomic E-state index is 0.466. The van der Waals surface area contributed by atoms with Gasteiger partial charge in [0.1, 0.15) is 11.6 Å². The molecular formula is C12H8ClN5. The topological polar surface area (TPSA) is 65.2 Å². The van der Waals surface area contributed by atoms with Gasteiger partial charge in [0.25, 0.3) is 0 Å². The summed E-state index contributed by atoms with van der Waals surface area (Å²) in [5.74, 6) is 0.144. The first-order valence-electron chi connectivity index (χ1n) is 5.33. The fraction of sp³-hybridized carbons (Fsp3) is 0.167. The van der Waals surface area contributed by atoms with Crippen molar-refractivity contribution in [2.45, 2.75) is 5.92 Å². The van der Waals surface area contributed by atoms with Crippen molar-refractivity contribution in [3.8, 4) is 6.07 Å². The molecule has 0 N–H and O–H groups in total. The molecule has 88 valence electrons. The van der Waals surface area contributed by atoms with Gasteiger partial charge in [-0.25, -0.2) is 15.0 Å². The largest absolute Gasteiger partial charge is 0.250 e. The molecule has 0 saturated heterocycles. The van der Waals surface area contributed by atoms with Gasteiger partial charge < -0.3 is 0 Å². The third-order valence-corrected chi connectivity index (χ3v) is 3.00. The molecule has 0 fully saturated rings. The number of hydrogen-bond donors (Lipinski definition) is 0. The Morgan fingerprint density at radius 2 is 2.17 bits per heavy atom. The molecule has 0 spiro atoms. The highest BCUT2D eigenvalue weighted by Crippen LogP contribution is 2.29. The van der Waals surface area contributed by atoms with E-state index in [1.807, 2.05) is 0 Å². The number of halogens is 1. The average molecular weight is 258 g/mol. The first-order chi connectivity index (χ1) is 8.69. The Hall–Kier alpha value is -2.19. The molecule has 1 atom stereocenters. The summed E-state index contributed by atoms with van der Waals surface area (Å²) in [4.78, 5) is 8.95. The number of rotatable bonds is 0. The van der Waals surface area contributed by atoms with Crippen LogP contribution in [0.15, 0.2) is 23.3 Å². The van der Waals surface area contributed by atoms with E-state index in [0.29, 0.717) is 22.1 Å². The molecule has 2 heterocycles. The number of benzene rings is 1. The van der Waals surface area contributed by atoms with Crippen molar-refractivity contribution in [3.05, 3.63) is 28.9 Å². The van der Waals surface area contributed by atoms with Crippen molar-refractivity contribution in [2.75, 3.05) is 12.1 Å². The van der Waals surface area contributed by atoms with Crippen LogP contribution in [0.5, 0.6) is 0 Å². The van der Waals surface area contributed by atoms with E-state index in [9.17, 15) is 0 Å². The number of nitriles is 1. The zero-order valence-corrected chi connectivity index (χ0v) is 10.3. The van der Waals surface area contributed by atoms with Crippen molar-refractivity contribution in [3.63, 3.8) is 0 Å². The second kappa shape index (κ2) is 3.93. The van der Waals surface area contributed by atoms with Gasteiger partial charge >= 0.3 is 0 Å². The Labute approximate surface area is 108 Å². The highest BCUT2D eigenvalue weighted by molar-refractivity contribution is 6.31. The predicted octanol–water partition coefficient (Wildman–Crippen LogP) is 2.33. The molecule has 0 saturated carbocycles. The molecule has 6 heteroatoms. The molecular weight excluding hydrogens is 250 g/mol. The van der Waals surface area contributed by atoms with E-state index in [1.165, 1.54) is 0 Å². The molecule has 1 aliphatic heterocycles. The first kappa shape index (κ1) is 10.9. The minimum atomic E-state index is -0.466. The molecule has 0 radical (unpaired) electrons. The number of nitrogens with zero attached hydrogens (tertiary/aromatic N) is 5. The van der Waals surface area contributed by atoms with Crippen LogP contribution in [-0.2, 0) is 0 Å². The predicted molar refractivity (Wildman–Crippen MR) is 69.8 cm³/mol. The normalized spacial score (nSPS) is 17.6. The molecule has 18 heavy (non-hydrogen) atoms. The van der Waals surface area contributed by atoms with Crippen LogP contribution in [-0.4, -0.2) is 23.2 Å². The lowest BCUT2D eigenvalue weighted by molar-refractivity contribution is 0.896. The van der Waals surface area contributed by atoms with Gasteiger partial charge in [-0.2, -0.15) is 10.4 Å². The van der Waals surface area contributed by atoms with Crippen molar-refractivity contribution >= 4 is 34.7 Å². The third-order valence-electron chi connectivity index (χ3n) is 2.76. The monoisotopic (exact) mass is 257 g/mol. The fourth-order valence-corrected chi connectivity index (χ4v) is 2.03. The van der Waals surface area contributed by atoms with Gasteiger partial charge in [-0.05, 0) is 18.2 Å². The van der Waals surface area contributed by atoms with Crippen molar-refractivity contribution in [1.29, 1.82) is 5.26 Å². The van der Waals surface area contributed by atoms with Crippen LogP contribution in [0.1, 0.15) is 11.6 Å². The second-order valence-electron chi connectivity index (χ2n) is 3.96. The standard InChI is InChI=1S/C12H8ClN5/c1-18-12-11(7(5-14)6-15-18)16-10-4-8(13)2-3-9(10)17-12/h2-4,6-7H,1H3. The van der Waals surface area contributed by atoms with E-state index >= 15 is 0 Å². The van der Waals surface area contributed by atoms with E-state index in [2.05, 4.69) is 21.1 Å². The van der Waals surface area contributed by atoms with Gasteiger partial charge in [-0.15, -0.1) is 0 Å². The number of anilines is 1. The van der Waals surface area contributed by atoms with Crippen LogP contribution in [0, 0.1) is 11.3 Å². The van der Waals surface area contributed by atoms with Gasteiger partial charge in [-0.1, -0.05) is 11.6 Å². The van der Waals surface area contributed by atoms with Crippen LogP contribution < -0.4 is 5.01 Å². The number of aromatic nitrogens is 2. The van der Waals surface area contributed by atoms with Crippen molar-refractivity contribution in [1.82, 2.24) is 9.97 Å². The molecule has 1 aromatic carbocycles. The summed E-state index contributed by atoms with van der Waals surface area (Å²) < 4.78 is 0. The highest BCUT2D eigenvalue weighted by atomic mass is 35.5. The lowest BCUT2D eigenvalue weighted by atomic mass is 10.1.